The van der Waals surface area contributed by atoms with Crippen LogP contribution in [0.4, 0.5) is 4.39 Å². The number of likely N-dealkylation sites (tertiary alicyclic amines) is 1. The number of fused-ring (bicyclic) bond motifs is 5. The first-order chi connectivity index (χ1) is 16.9. The van der Waals surface area contributed by atoms with E-state index in [0.717, 1.165) is 48.0 Å². The zero-order valence-corrected chi connectivity index (χ0v) is 19.2. The van der Waals surface area contributed by atoms with E-state index in [9.17, 15) is 24.2 Å². The van der Waals surface area contributed by atoms with E-state index in [4.69, 9.17) is 9.72 Å². The average Bonchev–Trinajstić information content (AvgIpc) is 3.18. The van der Waals surface area contributed by atoms with Crippen molar-refractivity contribution in [3.8, 4) is 11.4 Å². The lowest BCUT2D eigenvalue weighted by atomic mass is 9.79. The standard InChI is InChI=1S/C26H24FN3O5/c1-11-13-2-3-19(29-6-12(7-29)9-31)22-15-8-30-20(23(15)28-18(21(13)22)5-17(11)27)4-14-16(25(30)33)10-35-26(34)24(14)32/h4-5,12,19,24,31-32H,2-3,6-10H2,1H3/t19?,24-/m0/s1. The molecule has 1 saturated heterocycles. The van der Waals surface area contributed by atoms with Gasteiger partial charge in [0.2, 0.25) is 0 Å². The maximum atomic E-state index is 14.9. The predicted molar refractivity (Wildman–Crippen MR) is 123 cm³/mol. The summed E-state index contributed by atoms with van der Waals surface area (Å²) in [5.74, 6) is -0.824. The zero-order chi connectivity index (χ0) is 24.2. The summed E-state index contributed by atoms with van der Waals surface area (Å²) in [5, 5.41) is 20.9. The van der Waals surface area contributed by atoms with E-state index < -0.39 is 12.1 Å². The van der Waals surface area contributed by atoms with Crippen molar-refractivity contribution in [2.75, 3.05) is 19.7 Å². The molecule has 3 aromatic rings. The molecule has 1 aromatic carbocycles. The molecule has 5 heterocycles. The zero-order valence-electron chi connectivity index (χ0n) is 19.2. The first-order valence-corrected chi connectivity index (χ1v) is 12.0. The summed E-state index contributed by atoms with van der Waals surface area (Å²) >= 11 is 0. The maximum absolute atomic E-state index is 14.9. The summed E-state index contributed by atoms with van der Waals surface area (Å²) in [4.78, 5) is 32.6. The van der Waals surface area contributed by atoms with Gasteiger partial charge in [-0.2, -0.15) is 0 Å². The van der Waals surface area contributed by atoms with E-state index in [1.54, 1.807) is 17.6 Å². The molecule has 180 valence electrons. The number of rotatable bonds is 2. The highest BCUT2D eigenvalue weighted by molar-refractivity contribution is 5.93. The van der Waals surface area contributed by atoms with Gasteiger partial charge in [0, 0.05) is 54.2 Å². The molecule has 3 aliphatic heterocycles. The van der Waals surface area contributed by atoms with Crippen LogP contribution in [-0.2, 0) is 29.1 Å². The number of carbonyl (C=O) groups is 1. The fourth-order valence-electron chi connectivity index (χ4n) is 6.42. The van der Waals surface area contributed by atoms with Gasteiger partial charge in [0.1, 0.15) is 12.4 Å². The number of halogens is 1. The van der Waals surface area contributed by atoms with Crippen LogP contribution in [0.3, 0.4) is 0 Å². The summed E-state index contributed by atoms with van der Waals surface area (Å²) < 4.78 is 21.5. The molecule has 2 N–H and O–H groups in total. The van der Waals surface area contributed by atoms with Gasteiger partial charge in [-0.3, -0.25) is 9.69 Å². The van der Waals surface area contributed by atoms with E-state index >= 15 is 0 Å². The van der Waals surface area contributed by atoms with Gasteiger partial charge < -0.3 is 19.5 Å². The van der Waals surface area contributed by atoms with Gasteiger partial charge in [-0.1, -0.05) is 0 Å². The fourth-order valence-corrected chi connectivity index (χ4v) is 6.42. The van der Waals surface area contributed by atoms with Gasteiger partial charge in [-0.15, -0.1) is 0 Å². The number of pyridine rings is 2. The molecule has 0 amide bonds. The first-order valence-electron chi connectivity index (χ1n) is 12.0. The molecule has 0 spiro atoms. The van der Waals surface area contributed by atoms with Gasteiger partial charge in [-0.25, -0.2) is 14.2 Å². The van der Waals surface area contributed by atoms with Crippen molar-refractivity contribution in [3.63, 3.8) is 0 Å². The molecule has 1 aliphatic carbocycles. The summed E-state index contributed by atoms with van der Waals surface area (Å²) in [6.45, 7) is 3.70. The Bertz CT molecular complexity index is 1520. The van der Waals surface area contributed by atoms with E-state index in [1.807, 2.05) is 0 Å². The number of nitrogens with zero attached hydrogens (tertiary/aromatic N) is 3. The largest absolute Gasteiger partial charge is 0.458 e. The van der Waals surface area contributed by atoms with E-state index in [-0.39, 0.29) is 47.7 Å². The van der Waals surface area contributed by atoms with Crippen molar-refractivity contribution in [2.24, 2.45) is 5.92 Å². The van der Waals surface area contributed by atoms with Crippen LogP contribution in [0, 0.1) is 18.7 Å². The highest BCUT2D eigenvalue weighted by atomic mass is 19.1. The number of aromatic nitrogens is 2. The van der Waals surface area contributed by atoms with Crippen molar-refractivity contribution in [1.29, 1.82) is 0 Å². The highest BCUT2D eigenvalue weighted by Crippen LogP contribution is 2.48. The number of aliphatic hydroxyl groups excluding tert-OH is 2. The number of ether oxygens (including phenoxy) is 1. The van der Waals surface area contributed by atoms with Crippen LogP contribution >= 0.6 is 0 Å². The van der Waals surface area contributed by atoms with Gasteiger partial charge in [0.05, 0.1) is 29.0 Å². The lowest BCUT2D eigenvalue weighted by molar-refractivity contribution is -0.157. The third-order valence-corrected chi connectivity index (χ3v) is 8.30. The Morgan fingerprint density at radius 3 is 2.77 bits per heavy atom. The van der Waals surface area contributed by atoms with Crippen molar-refractivity contribution in [1.82, 2.24) is 14.5 Å². The number of cyclic esters (lactones) is 1. The molecule has 9 heteroatoms. The molecule has 7 rings (SSSR count). The van der Waals surface area contributed by atoms with Gasteiger partial charge >= 0.3 is 5.97 Å². The minimum Gasteiger partial charge on any atom is -0.458 e. The number of hydrogen-bond donors (Lipinski definition) is 2. The van der Waals surface area contributed by atoms with Crippen LogP contribution in [0.5, 0.6) is 0 Å². The number of hydrogen-bond acceptors (Lipinski definition) is 7. The lowest BCUT2D eigenvalue weighted by Gasteiger charge is -2.46. The van der Waals surface area contributed by atoms with Crippen molar-refractivity contribution < 1.29 is 24.1 Å². The van der Waals surface area contributed by atoms with E-state index in [2.05, 4.69) is 4.90 Å². The highest BCUT2D eigenvalue weighted by Gasteiger charge is 2.41. The fraction of sp³-hybridized carbons (Fsp3) is 0.423. The molecule has 2 aromatic heterocycles. The summed E-state index contributed by atoms with van der Waals surface area (Å²) in [6, 6.07) is 3.22. The van der Waals surface area contributed by atoms with Crippen LogP contribution in [0.25, 0.3) is 22.3 Å². The first kappa shape index (κ1) is 21.2. The molecular formula is C26H24FN3O5. The smallest absolute Gasteiger partial charge is 0.340 e. The third-order valence-electron chi connectivity index (χ3n) is 8.30. The number of benzene rings is 1. The normalized spacial score (nSPS) is 23.0. The molecule has 0 bridgehead atoms. The van der Waals surface area contributed by atoms with E-state index in [0.29, 0.717) is 29.0 Å². The van der Waals surface area contributed by atoms with Crippen LogP contribution in [-0.4, -0.2) is 50.3 Å². The van der Waals surface area contributed by atoms with Crippen LogP contribution in [0.1, 0.15) is 51.9 Å². The van der Waals surface area contributed by atoms with Gasteiger partial charge in [-0.05, 0) is 42.5 Å². The number of aliphatic hydroxyl groups is 2. The number of aryl methyl sites for hydroxylation is 1. The SMILES string of the molecule is Cc1c(F)cc2nc3c(c4c2c1CCC4N1CC(CO)C1)Cn1c-3cc2c(c1=O)COC(=O)[C@H]2O. The molecule has 4 aliphatic rings. The Hall–Kier alpha value is -3.14. The average molecular weight is 477 g/mol. The molecule has 0 radical (unpaired) electrons. The Morgan fingerprint density at radius 1 is 1.20 bits per heavy atom. The van der Waals surface area contributed by atoms with E-state index in [1.165, 1.54) is 6.07 Å². The number of esters is 1. The van der Waals surface area contributed by atoms with Crippen molar-refractivity contribution >= 4 is 16.9 Å². The Morgan fingerprint density at radius 2 is 2.00 bits per heavy atom. The molecule has 1 fully saturated rings. The molecule has 2 atom stereocenters. The van der Waals surface area contributed by atoms with Crippen LogP contribution in [0.2, 0.25) is 0 Å². The van der Waals surface area contributed by atoms with Gasteiger partial charge in [0.25, 0.3) is 5.56 Å². The second kappa shape index (κ2) is 7.19. The van der Waals surface area contributed by atoms with Crippen LogP contribution < -0.4 is 5.56 Å². The second-order valence-electron chi connectivity index (χ2n) is 10.1. The Labute approximate surface area is 199 Å². The van der Waals surface area contributed by atoms with Gasteiger partial charge in [0.15, 0.2) is 6.10 Å². The maximum Gasteiger partial charge on any atom is 0.340 e. The molecule has 8 nitrogen and oxygen atoms in total. The topological polar surface area (TPSA) is 105 Å². The summed E-state index contributed by atoms with van der Waals surface area (Å²) in [6.07, 6.45) is 0.0472. The Balaban J connectivity index is 1.49. The minimum atomic E-state index is -1.52. The van der Waals surface area contributed by atoms with Crippen molar-refractivity contribution in [3.05, 3.63) is 61.7 Å². The van der Waals surface area contributed by atoms with Crippen LogP contribution in [0.15, 0.2) is 16.9 Å². The van der Waals surface area contributed by atoms with Crippen molar-refractivity contribution in [2.45, 2.75) is 45.1 Å². The molecule has 0 saturated carbocycles. The second-order valence-corrected chi connectivity index (χ2v) is 10.1. The third kappa shape index (κ3) is 2.74. The molecule has 35 heavy (non-hydrogen) atoms. The monoisotopic (exact) mass is 477 g/mol. The molecule has 1 unspecified atom stereocenters. The Kier molecular flexibility index (Phi) is 4.35. The lowest BCUT2D eigenvalue weighted by Crippen LogP contribution is -2.50. The number of carbonyl (C=O) groups excluding carboxylic acids is 1. The predicted octanol–water partition coefficient (Wildman–Crippen LogP) is 1.87. The minimum absolute atomic E-state index is 0.0875. The summed E-state index contributed by atoms with van der Waals surface area (Å²) in [7, 11) is 0. The quantitative estimate of drug-likeness (QED) is 0.425. The molecular weight excluding hydrogens is 453 g/mol. The summed E-state index contributed by atoms with van der Waals surface area (Å²) in [5.41, 5.74) is 5.52.